The van der Waals surface area contributed by atoms with Gasteiger partial charge in [0.2, 0.25) is 11.7 Å². The molecule has 0 saturated heterocycles. The van der Waals surface area contributed by atoms with Crippen LogP contribution < -0.4 is 25.3 Å². The smallest absolute Gasteiger partial charge is 0.244 e. The molecule has 0 aliphatic heterocycles. The van der Waals surface area contributed by atoms with Gasteiger partial charge in [0.25, 0.3) is 0 Å². The molecule has 1 amide bonds. The van der Waals surface area contributed by atoms with E-state index < -0.39 is 5.54 Å². The standard InChI is InChI=1S/C16H24N2O4.ClH/c1-20-12-9-11(10-13(21-2)14(12)22-3)18-15(19)16(17)7-5-4-6-8-16;/h9-10H,4-8,17H2,1-3H3,(H,18,19);1H. The van der Waals surface area contributed by atoms with Gasteiger partial charge in [0.15, 0.2) is 11.5 Å². The summed E-state index contributed by atoms with van der Waals surface area (Å²) < 4.78 is 15.8. The molecule has 7 heteroatoms. The Morgan fingerprint density at radius 1 is 1.04 bits per heavy atom. The number of amides is 1. The summed E-state index contributed by atoms with van der Waals surface area (Å²) in [5.41, 5.74) is 6.03. The van der Waals surface area contributed by atoms with E-state index in [4.69, 9.17) is 19.9 Å². The SMILES string of the molecule is COc1cc(NC(=O)C2(N)CCCCC2)cc(OC)c1OC.Cl. The van der Waals surface area contributed by atoms with Crippen LogP contribution >= 0.6 is 12.4 Å². The van der Waals surface area contributed by atoms with Crippen molar-refractivity contribution in [3.05, 3.63) is 12.1 Å². The Hall–Kier alpha value is -1.66. The fraction of sp³-hybridized carbons (Fsp3) is 0.562. The van der Waals surface area contributed by atoms with Gasteiger partial charge in [-0.25, -0.2) is 0 Å². The number of methoxy groups -OCH3 is 3. The van der Waals surface area contributed by atoms with E-state index in [9.17, 15) is 4.79 Å². The highest BCUT2D eigenvalue weighted by Crippen LogP contribution is 2.40. The van der Waals surface area contributed by atoms with Crippen LogP contribution in [0.4, 0.5) is 5.69 Å². The Kier molecular flexibility index (Phi) is 6.97. The molecule has 3 N–H and O–H groups in total. The summed E-state index contributed by atoms with van der Waals surface area (Å²) in [5.74, 6) is 1.31. The molecule has 130 valence electrons. The number of ether oxygens (including phenoxy) is 3. The van der Waals surface area contributed by atoms with Crippen molar-refractivity contribution in [2.24, 2.45) is 5.73 Å². The van der Waals surface area contributed by atoms with Gasteiger partial charge in [-0.2, -0.15) is 0 Å². The second kappa shape index (κ2) is 8.26. The molecule has 0 radical (unpaired) electrons. The predicted octanol–water partition coefficient (Wildman–Crippen LogP) is 2.73. The molecule has 0 unspecified atom stereocenters. The summed E-state index contributed by atoms with van der Waals surface area (Å²) in [6.07, 6.45) is 4.53. The fourth-order valence-electron chi connectivity index (χ4n) is 2.82. The first kappa shape index (κ1) is 19.4. The summed E-state index contributed by atoms with van der Waals surface area (Å²) >= 11 is 0. The fourth-order valence-corrected chi connectivity index (χ4v) is 2.82. The van der Waals surface area contributed by atoms with Crippen LogP contribution in [-0.4, -0.2) is 32.8 Å². The average Bonchev–Trinajstić information content (AvgIpc) is 2.54. The number of nitrogens with two attached hydrogens (primary N) is 1. The van der Waals surface area contributed by atoms with E-state index in [1.54, 1.807) is 12.1 Å². The van der Waals surface area contributed by atoms with E-state index >= 15 is 0 Å². The molecule has 1 aromatic rings. The van der Waals surface area contributed by atoms with Gasteiger partial charge in [-0.3, -0.25) is 4.79 Å². The molecule has 0 spiro atoms. The zero-order chi connectivity index (χ0) is 16.2. The lowest BCUT2D eigenvalue weighted by atomic mass is 9.82. The van der Waals surface area contributed by atoms with Crippen molar-refractivity contribution in [1.29, 1.82) is 0 Å². The van der Waals surface area contributed by atoms with Crippen LogP contribution in [0.2, 0.25) is 0 Å². The maximum atomic E-state index is 12.5. The molecule has 1 aromatic carbocycles. The minimum Gasteiger partial charge on any atom is -0.493 e. The van der Waals surface area contributed by atoms with E-state index in [1.807, 2.05) is 0 Å². The van der Waals surface area contributed by atoms with Crippen molar-refractivity contribution in [2.45, 2.75) is 37.6 Å². The first-order valence-electron chi connectivity index (χ1n) is 7.44. The zero-order valence-electron chi connectivity index (χ0n) is 13.8. The average molecular weight is 345 g/mol. The van der Waals surface area contributed by atoms with Gasteiger partial charge in [-0.1, -0.05) is 19.3 Å². The van der Waals surface area contributed by atoms with Crippen molar-refractivity contribution in [2.75, 3.05) is 26.6 Å². The zero-order valence-corrected chi connectivity index (χ0v) is 14.6. The Morgan fingerprint density at radius 2 is 1.57 bits per heavy atom. The molecule has 0 bridgehead atoms. The van der Waals surface area contributed by atoms with E-state index in [0.717, 1.165) is 19.3 Å². The quantitative estimate of drug-likeness (QED) is 0.858. The number of hydrogen-bond acceptors (Lipinski definition) is 5. The molecule has 0 heterocycles. The molecule has 1 aliphatic carbocycles. The highest BCUT2D eigenvalue weighted by molar-refractivity contribution is 5.98. The number of nitrogens with one attached hydrogen (secondary N) is 1. The lowest BCUT2D eigenvalue weighted by Crippen LogP contribution is -2.52. The third-order valence-corrected chi connectivity index (χ3v) is 4.12. The predicted molar refractivity (Wildman–Crippen MR) is 92.0 cm³/mol. The molecule has 1 saturated carbocycles. The maximum Gasteiger partial charge on any atom is 0.244 e. The summed E-state index contributed by atoms with van der Waals surface area (Å²) in [6.45, 7) is 0. The van der Waals surface area contributed by atoms with Crippen molar-refractivity contribution in [3.63, 3.8) is 0 Å². The van der Waals surface area contributed by atoms with Gasteiger partial charge >= 0.3 is 0 Å². The van der Waals surface area contributed by atoms with Gasteiger partial charge in [0.05, 0.1) is 26.9 Å². The van der Waals surface area contributed by atoms with Gasteiger partial charge in [0.1, 0.15) is 0 Å². The van der Waals surface area contributed by atoms with Gasteiger partial charge in [-0.15, -0.1) is 12.4 Å². The second-order valence-corrected chi connectivity index (χ2v) is 5.58. The Balaban J connectivity index is 0.00000264. The van der Waals surface area contributed by atoms with E-state index in [1.165, 1.54) is 21.3 Å². The molecule has 2 rings (SSSR count). The lowest BCUT2D eigenvalue weighted by Gasteiger charge is -2.31. The van der Waals surface area contributed by atoms with E-state index in [-0.39, 0.29) is 18.3 Å². The normalized spacial score (nSPS) is 16.0. The molecule has 0 aromatic heterocycles. The molecule has 1 fully saturated rings. The lowest BCUT2D eigenvalue weighted by molar-refractivity contribution is -0.122. The monoisotopic (exact) mass is 344 g/mol. The number of benzene rings is 1. The van der Waals surface area contributed by atoms with E-state index in [2.05, 4.69) is 5.32 Å². The van der Waals surface area contributed by atoms with Crippen LogP contribution in [0.3, 0.4) is 0 Å². The Bertz CT molecular complexity index is 520. The van der Waals surface area contributed by atoms with Crippen molar-refractivity contribution in [1.82, 2.24) is 0 Å². The number of rotatable bonds is 5. The molecular formula is C16H25ClN2O4. The summed E-state index contributed by atoms with van der Waals surface area (Å²) in [4.78, 5) is 12.5. The molecule has 1 aliphatic rings. The topological polar surface area (TPSA) is 82.8 Å². The van der Waals surface area contributed by atoms with Crippen molar-refractivity contribution >= 4 is 24.0 Å². The summed E-state index contributed by atoms with van der Waals surface area (Å²) in [7, 11) is 4.61. The van der Waals surface area contributed by atoms with Crippen LogP contribution in [0.1, 0.15) is 32.1 Å². The van der Waals surface area contributed by atoms with Crippen LogP contribution in [0.25, 0.3) is 0 Å². The largest absolute Gasteiger partial charge is 0.493 e. The number of carbonyl (C=O) groups excluding carboxylic acids is 1. The van der Waals surface area contributed by atoms with Crippen LogP contribution in [-0.2, 0) is 4.79 Å². The van der Waals surface area contributed by atoms with Gasteiger partial charge in [0, 0.05) is 17.8 Å². The first-order chi connectivity index (χ1) is 10.5. The highest BCUT2D eigenvalue weighted by atomic mass is 35.5. The van der Waals surface area contributed by atoms with E-state index in [0.29, 0.717) is 35.8 Å². The minimum absolute atomic E-state index is 0. The van der Waals surface area contributed by atoms with Gasteiger partial charge in [-0.05, 0) is 12.8 Å². The molecule has 6 nitrogen and oxygen atoms in total. The number of anilines is 1. The van der Waals surface area contributed by atoms with Crippen LogP contribution in [0.5, 0.6) is 17.2 Å². The Labute approximate surface area is 143 Å². The third-order valence-electron chi connectivity index (χ3n) is 4.12. The van der Waals surface area contributed by atoms with Crippen LogP contribution in [0.15, 0.2) is 12.1 Å². The number of carbonyl (C=O) groups is 1. The second-order valence-electron chi connectivity index (χ2n) is 5.58. The van der Waals surface area contributed by atoms with Crippen molar-refractivity contribution < 1.29 is 19.0 Å². The number of hydrogen-bond donors (Lipinski definition) is 2. The highest BCUT2D eigenvalue weighted by Gasteiger charge is 2.35. The molecule has 0 atom stereocenters. The number of halogens is 1. The minimum atomic E-state index is -0.793. The van der Waals surface area contributed by atoms with Crippen molar-refractivity contribution in [3.8, 4) is 17.2 Å². The maximum absolute atomic E-state index is 12.5. The first-order valence-corrected chi connectivity index (χ1v) is 7.44. The van der Waals surface area contributed by atoms with Crippen LogP contribution in [0, 0.1) is 0 Å². The molecule has 23 heavy (non-hydrogen) atoms. The summed E-state index contributed by atoms with van der Waals surface area (Å²) in [5, 5.41) is 2.87. The summed E-state index contributed by atoms with van der Waals surface area (Å²) in [6, 6.07) is 3.40. The third kappa shape index (κ3) is 4.20. The Morgan fingerprint density at radius 3 is 2.00 bits per heavy atom. The molecular weight excluding hydrogens is 320 g/mol. The van der Waals surface area contributed by atoms with Gasteiger partial charge < -0.3 is 25.3 Å².